The maximum absolute atomic E-state index is 14.7. The van der Waals surface area contributed by atoms with Gasteiger partial charge in [0.05, 0.1) is 23.3 Å². The van der Waals surface area contributed by atoms with Gasteiger partial charge in [0, 0.05) is 36.4 Å². The van der Waals surface area contributed by atoms with E-state index in [4.69, 9.17) is 0 Å². The average Bonchev–Trinajstić information content (AvgIpc) is 2.79. The number of nitrogens with one attached hydrogen (secondary N) is 1. The highest BCUT2D eigenvalue weighted by atomic mass is 31.2. The molecule has 2 aromatic heterocycles. The van der Waals surface area contributed by atoms with Crippen LogP contribution < -0.4 is 10.8 Å². The largest absolute Gasteiger partial charge is 0.363 e. The van der Waals surface area contributed by atoms with Gasteiger partial charge in [0.15, 0.2) is 0 Å². The van der Waals surface area contributed by atoms with Crippen molar-refractivity contribution < 1.29 is 17.7 Å². The number of fused-ring (bicyclic) bond motifs is 1. The molecule has 33 heavy (non-hydrogen) atoms. The van der Waals surface area contributed by atoms with Crippen molar-refractivity contribution in [3.63, 3.8) is 0 Å². The molecule has 0 aliphatic carbocycles. The minimum absolute atomic E-state index is 0.117. The summed E-state index contributed by atoms with van der Waals surface area (Å²) in [6, 6.07) is 5.10. The number of aryl methyl sites for hydroxylation is 1. The molecule has 1 fully saturated rings. The van der Waals surface area contributed by atoms with Gasteiger partial charge in [-0.05, 0) is 26.5 Å². The van der Waals surface area contributed by atoms with E-state index in [2.05, 4.69) is 32.1 Å². The lowest BCUT2D eigenvalue weighted by atomic mass is 10.0. The van der Waals surface area contributed by atoms with Crippen molar-refractivity contribution in [2.75, 3.05) is 37.3 Å². The van der Waals surface area contributed by atoms with Crippen molar-refractivity contribution in [1.82, 2.24) is 19.9 Å². The number of aromatic nitrogens is 3. The molecule has 176 valence electrons. The summed E-state index contributed by atoms with van der Waals surface area (Å²) in [7, 11) is -2.65. The number of rotatable bonds is 6. The summed E-state index contributed by atoms with van der Waals surface area (Å²) in [6.07, 6.45) is -0.170. The highest BCUT2D eigenvalue weighted by Gasteiger charge is 2.32. The van der Waals surface area contributed by atoms with Crippen LogP contribution in [0.2, 0.25) is 0 Å². The molecule has 3 heterocycles. The molecule has 1 saturated heterocycles. The zero-order valence-corrected chi connectivity index (χ0v) is 19.7. The molecule has 3 aromatic rings. The van der Waals surface area contributed by atoms with Gasteiger partial charge >= 0.3 is 0 Å². The molecule has 1 N–H and O–H groups in total. The maximum atomic E-state index is 14.7. The van der Waals surface area contributed by atoms with E-state index in [0.29, 0.717) is 40.3 Å². The fraction of sp³-hybridized carbons (Fsp3) is 0.435. The standard InChI is InChI=1S/C23H27F3N5OP/c1-4-31-8-10-33(32,11-9-31)20-12-18-19(13-27-20)29-15(3)30-23(18)28-14(2)16-6-5-7-17(21(16)24)22(25)26/h5-7,12-14,22H,4,8-11H2,1-3H3,(H,28,29,30)/t14-/m1/s1. The molecule has 1 atom stereocenters. The van der Waals surface area contributed by atoms with E-state index in [1.807, 2.05) is 0 Å². The zero-order valence-electron chi connectivity index (χ0n) is 18.9. The monoisotopic (exact) mass is 477 g/mol. The van der Waals surface area contributed by atoms with Crippen LogP contribution in [0.5, 0.6) is 0 Å². The van der Waals surface area contributed by atoms with Gasteiger partial charge < -0.3 is 14.8 Å². The fourth-order valence-electron chi connectivity index (χ4n) is 4.20. The Labute approximate surface area is 191 Å². The number of hydrogen-bond donors (Lipinski definition) is 1. The van der Waals surface area contributed by atoms with Gasteiger partial charge in [-0.1, -0.05) is 25.1 Å². The second-order valence-electron chi connectivity index (χ2n) is 8.37. The highest BCUT2D eigenvalue weighted by molar-refractivity contribution is 7.71. The molecular formula is C23H27F3N5OP. The maximum Gasteiger partial charge on any atom is 0.266 e. The van der Waals surface area contributed by atoms with Crippen LogP contribution in [0.1, 0.15) is 43.3 Å². The Morgan fingerprint density at radius 2 is 1.88 bits per heavy atom. The fourth-order valence-corrected chi connectivity index (χ4v) is 6.73. The van der Waals surface area contributed by atoms with E-state index in [0.717, 1.165) is 25.7 Å². The molecule has 1 aliphatic heterocycles. The number of hydrogen-bond acceptors (Lipinski definition) is 6. The summed E-state index contributed by atoms with van der Waals surface area (Å²) in [4.78, 5) is 15.6. The van der Waals surface area contributed by atoms with E-state index in [-0.39, 0.29) is 5.56 Å². The third kappa shape index (κ3) is 4.75. The van der Waals surface area contributed by atoms with Crippen molar-refractivity contribution >= 4 is 29.3 Å². The number of pyridine rings is 1. The van der Waals surface area contributed by atoms with E-state index in [9.17, 15) is 17.7 Å². The van der Waals surface area contributed by atoms with E-state index in [1.165, 1.54) is 12.1 Å². The molecule has 0 radical (unpaired) electrons. The van der Waals surface area contributed by atoms with Crippen molar-refractivity contribution in [3.8, 4) is 0 Å². The van der Waals surface area contributed by atoms with Crippen LogP contribution in [0.25, 0.3) is 10.9 Å². The smallest absolute Gasteiger partial charge is 0.266 e. The minimum atomic E-state index is -2.90. The van der Waals surface area contributed by atoms with Crippen molar-refractivity contribution in [3.05, 3.63) is 53.2 Å². The lowest BCUT2D eigenvalue weighted by molar-refractivity contribution is 0.146. The van der Waals surface area contributed by atoms with Crippen LogP contribution >= 0.6 is 7.14 Å². The lowest BCUT2D eigenvalue weighted by Gasteiger charge is -2.31. The molecule has 0 unspecified atom stereocenters. The summed E-state index contributed by atoms with van der Waals surface area (Å²) in [6.45, 7) is 7.95. The minimum Gasteiger partial charge on any atom is -0.363 e. The van der Waals surface area contributed by atoms with Crippen LogP contribution in [0.15, 0.2) is 30.5 Å². The van der Waals surface area contributed by atoms with Crippen molar-refractivity contribution in [2.45, 2.75) is 33.2 Å². The van der Waals surface area contributed by atoms with Crippen LogP contribution in [-0.4, -0.2) is 51.8 Å². The zero-order chi connectivity index (χ0) is 23.8. The Kier molecular flexibility index (Phi) is 6.73. The SMILES string of the molecule is CCN1CCP(=O)(c2cc3c(N[C@H](C)c4cccc(C(F)F)c4F)nc(C)nc3cn2)CC1. The van der Waals surface area contributed by atoms with Crippen LogP contribution in [0.4, 0.5) is 19.0 Å². The molecule has 4 rings (SSSR count). The third-order valence-corrected chi connectivity index (χ3v) is 9.14. The quantitative estimate of drug-likeness (QED) is 0.509. The van der Waals surface area contributed by atoms with Crippen LogP contribution in [0, 0.1) is 12.7 Å². The first-order valence-electron chi connectivity index (χ1n) is 11.0. The van der Waals surface area contributed by atoms with E-state index >= 15 is 0 Å². The van der Waals surface area contributed by atoms with Gasteiger partial charge in [-0.3, -0.25) is 4.98 Å². The number of alkyl halides is 2. The molecule has 1 aliphatic rings. The van der Waals surface area contributed by atoms with E-state index < -0.39 is 31.0 Å². The molecule has 10 heteroatoms. The summed E-state index contributed by atoms with van der Waals surface area (Å²) in [5.41, 5.74) is 0.598. The Hall–Kier alpha value is -2.51. The normalized spacial score (nSPS) is 17.4. The molecule has 0 saturated carbocycles. The van der Waals surface area contributed by atoms with Crippen LogP contribution in [0.3, 0.4) is 0 Å². The Morgan fingerprint density at radius 1 is 1.18 bits per heavy atom. The predicted octanol–water partition coefficient (Wildman–Crippen LogP) is 4.91. The average molecular weight is 477 g/mol. The van der Waals surface area contributed by atoms with Gasteiger partial charge in [0.25, 0.3) is 6.43 Å². The summed E-state index contributed by atoms with van der Waals surface area (Å²) >= 11 is 0. The summed E-state index contributed by atoms with van der Waals surface area (Å²) in [5, 5.41) is 3.77. The lowest BCUT2D eigenvalue weighted by Crippen LogP contribution is -2.37. The molecule has 0 bridgehead atoms. The van der Waals surface area contributed by atoms with Crippen LogP contribution in [-0.2, 0) is 4.57 Å². The predicted molar refractivity (Wildman–Crippen MR) is 125 cm³/mol. The molecule has 1 aromatic carbocycles. The summed E-state index contributed by atoms with van der Waals surface area (Å²) < 4.78 is 54.6. The Bertz CT molecular complexity index is 1210. The number of benzene rings is 1. The Balaban J connectivity index is 1.70. The van der Waals surface area contributed by atoms with Crippen molar-refractivity contribution in [2.24, 2.45) is 0 Å². The number of halogens is 3. The topological polar surface area (TPSA) is 71.0 Å². The first-order valence-corrected chi connectivity index (χ1v) is 13.1. The Morgan fingerprint density at radius 3 is 2.55 bits per heavy atom. The summed E-state index contributed by atoms with van der Waals surface area (Å²) in [5.74, 6) is -0.0252. The molecule has 0 amide bonds. The first-order chi connectivity index (χ1) is 15.7. The van der Waals surface area contributed by atoms with Gasteiger partial charge in [-0.25, -0.2) is 23.1 Å². The highest BCUT2D eigenvalue weighted by Crippen LogP contribution is 2.46. The molecular weight excluding hydrogens is 450 g/mol. The second kappa shape index (κ2) is 9.39. The van der Waals surface area contributed by atoms with E-state index in [1.54, 1.807) is 26.1 Å². The first kappa shape index (κ1) is 23.6. The molecule has 0 spiro atoms. The van der Waals surface area contributed by atoms with Crippen molar-refractivity contribution in [1.29, 1.82) is 0 Å². The van der Waals surface area contributed by atoms with Gasteiger partial charge in [0.1, 0.15) is 30.0 Å². The second-order valence-corrected chi connectivity index (χ2v) is 11.5. The molecule has 6 nitrogen and oxygen atoms in total. The number of anilines is 1. The van der Waals surface area contributed by atoms with Gasteiger partial charge in [-0.2, -0.15) is 0 Å². The third-order valence-electron chi connectivity index (χ3n) is 6.21. The van der Waals surface area contributed by atoms with Gasteiger partial charge in [-0.15, -0.1) is 0 Å². The number of nitrogens with zero attached hydrogens (tertiary/aromatic N) is 4. The van der Waals surface area contributed by atoms with Gasteiger partial charge in [0.2, 0.25) is 0 Å².